The van der Waals surface area contributed by atoms with Crippen LogP contribution in [-0.4, -0.2) is 115 Å². The normalized spacial score (nSPS) is 31.2. The van der Waals surface area contributed by atoms with Crippen molar-refractivity contribution in [3.63, 3.8) is 0 Å². The maximum absolute atomic E-state index is 15.6. The molecule has 64 heavy (non-hydrogen) atoms. The van der Waals surface area contributed by atoms with Crippen molar-refractivity contribution >= 4 is 35.8 Å². The summed E-state index contributed by atoms with van der Waals surface area (Å²) in [6.07, 6.45) is -11.2. The number of carbonyl (C=O) groups is 6. The summed E-state index contributed by atoms with van der Waals surface area (Å²) in [4.78, 5) is 84.5. The number of methoxy groups -OCH3 is 2. The molecule has 0 unspecified atom stereocenters. The molecular weight excluding hydrogens is 831 g/mol. The van der Waals surface area contributed by atoms with Gasteiger partial charge in [0.25, 0.3) is 5.91 Å². The van der Waals surface area contributed by atoms with Crippen molar-refractivity contribution in [3.05, 3.63) is 119 Å². The monoisotopic (exact) mass is 883 g/mol. The first-order valence-corrected chi connectivity index (χ1v) is 21.0. The Hall–Kier alpha value is -5.94. The first-order valence-electron chi connectivity index (χ1n) is 21.0. The van der Waals surface area contributed by atoms with Gasteiger partial charge in [-0.3, -0.25) is 14.4 Å². The third-order valence-electron chi connectivity index (χ3n) is 13.8. The number of ketones is 1. The van der Waals surface area contributed by atoms with Crippen LogP contribution in [0.25, 0.3) is 0 Å². The number of amides is 1. The van der Waals surface area contributed by atoms with Gasteiger partial charge in [0, 0.05) is 37.9 Å². The zero-order valence-electron chi connectivity index (χ0n) is 36.6. The van der Waals surface area contributed by atoms with E-state index in [0.29, 0.717) is 11.1 Å². The number of rotatable bonds is 11. The third-order valence-corrected chi connectivity index (χ3v) is 13.8. The lowest BCUT2D eigenvalue weighted by Gasteiger charge is -2.67. The smallest absolute Gasteiger partial charge is 0.456 e. The Labute approximate surface area is 370 Å². The number of fused-ring (bicyclic) bond motifs is 5. The number of nitrogens with one attached hydrogen (secondary N) is 1. The summed E-state index contributed by atoms with van der Waals surface area (Å²) in [6, 6.07) is 23.7. The fourth-order valence-corrected chi connectivity index (χ4v) is 10.3. The fourth-order valence-electron chi connectivity index (χ4n) is 10.3. The predicted octanol–water partition coefficient (Wildman–Crippen LogP) is 4.61. The minimum Gasteiger partial charge on any atom is -0.456 e. The summed E-state index contributed by atoms with van der Waals surface area (Å²) in [6.45, 7) is 6.83. The van der Waals surface area contributed by atoms with Crippen LogP contribution in [0.3, 0.4) is 0 Å². The molecule has 0 spiro atoms. The second kappa shape index (κ2) is 17.6. The SMILES string of the molecule is COC(=O)O[C@@]12CO[C@@H]1C[C@H](O)[C@@]1(C)C(=O)[C@H](OC(C)=O)C3=C(C)[C@@H](OC(=O)[C@H](OC)[C@@H](NC(=O)c4ccccc4)c4ccccc4)C[C@@](O)([C@@H](OC(=O)c4ccccc4)[C@H]21)C3(C)C. The Kier molecular flexibility index (Phi) is 12.6. The summed E-state index contributed by atoms with van der Waals surface area (Å²) in [5.74, 6) is -5.80. The molecule has 340 valence electrons. The van der Waals surface area contributed by atoms with Crippen molar-refractivity contribution in [2.24, 2.45) is 16.7 Å². The van der Waals surface area contributed by atoms with Gasteiger partial charge in [0.15, 0.2) is 23.6 Å². The highest BCUT2D eigenvalue weighted by Gasteiger charge is 2.78. The van der Waals surface area contributed by atoms with Crippen LogP contribution in [0.2, 0.25) is 0 Å². The van der Waals surface area contributed by atoms with Crippen molar-refractivity contribution in [3.8, 4) is 0 Å². The van der Waals surface area contributed by atoms with E-state index in [0.717, 1.165) is 14.0 Å². The average Bonchev–Trinajstić information content (AvgIpc) is 3.27. The topological polar surface area (TPSA) is 220 Å². The quantitative estimate of drug-likeness (QED) is 0.136. The molecule has 2 bridgehead atoms. The van der Waals surface area contributed by atoms with Crippen LogP contribution in [0.1, 0.15) is 79.8 Å². The summed E-state index contributed by atoms with van der Waals surface area (Å²) in [5, 5.41) is 28.8. The van der Waals surface area contributed by atoms with Gasteiger partial charge in [0.2, 0.25) is 0 Å². The van der Waals surface area contributed by atoms with E-state index in [1.807, 2.05) is 0 Å². The number of aliphatic hydroxyl groups is 2. The molecule has 2 saturated carbocycles. The van der Waals surface area contributed by atoms with E-state index in [9.17, 15) is 34.2 Å². The third kappa shape index (κ3) is 7.65. The lowest BCUT2D eigenvalue weighted by molar-refractivity contribution is -0.344. The molecule has 1 amide bonds. The Balaban J connectivity index is 1.40. The van der Waals surface area contributed by atoms with Crippen LogP contribution >= 0.6 is 0 Å². The van der Waals surface area contributed by atoms with Crippen LogP contribution in [0.5, 0.6) is 0 Å². The molecule has 3 aromatic rings. The number of benzene rings is 3. The summed E-state index contributed by atoms with van der Waals surface area (Å²) >= 11 is 0. The first-order chi connectivity index (χ1) is 30.3. The van der Waals surface area contributed by atoms with Gasteiger partial charge in [-0.25, -0.2) is 14.4 Å². The van der Waals surface area contributed by atoms with Gasteiger partial charge >= 0.3 is 24.1 Å². The number of carbonyl (C=O) groups excluding carboxylic acids is 6. The molecular formula is C48H53NO15. The van der Waals surface area contributed by atoms with Crippen LogP contribution in [0.4, 0.5) is 4.79 Å². The lowest BCUT2D eigenvalue weighted by Crippen LogP contribution is -2.82. The molecule has 16 nitrogen and oxygen atoms in total. The highest BCUT2D eigenvalue weighted by molar-refractivity contribution is 5.96. The number of aliphatic hydroxyl groups excluding tert-OH is 1. The highest BCUT2D eigenvalue weighted by Crippen LogP contribution is 2.64. The summed E-state index contributed by atoms with van der Waals surface area (Å²) < 4.78 is 41.3. The maximum atomic E-state index is 15.6. The molecule has 4 aliphatic rings. The van der Waals surface area contributed by atoms with E-state index >= 15 is 4.79 Å². The molecule has 3 fully saturated rings. The fraction of sp³-hybridized carbons (Fsp3) is 0.458. The number of hydrogen-bond donors (Lipinski definition) is 3. The van der Waals surface area contributed by atoms with Gasteiger partial charge < -0.3 is 48.7 Å². The number of esters is 3. The van der Waals surface area contributed by atoms with E-state index in [2.05, 4.69) is 5.32 Å². The van der Waals surface area contributed by atoms with Gasteiger partial charge in [0.1, 0.15) is 23.9 Å². The van der Waals surface area contributed by atoms with Crippen molar-refractivity contribution < 1.29 is 72.1 Å². The van der Waals surface area contributed by atoms with Gasteiger partial charge in [-0.05, 0) is 54.8 Å². The number of Topliss-reactive ketones (excluding diaryl/α,β-unsaturated/α-hetero) is 1. The van der Waals surface area contributed by atoms with E-state index in [1.54, 1.807) is 99.6 Å². The Morgan fingerprint density at radius 2 is 1.44 bits per heavy atom. The van der Waals surface area contributed by atoms with E-state index in [-0.39, 0.29) is 29.7 Å². The minimum absolute atomic E-state index is 0.0211. The van der Waals surface area contributed by atoms with E-state index < -0.39 is 113 Å². The molecule has 3 aliphatic carbocycles. The molecule has 0 aromatic heterocycles. The minimum atomic E-state index is -2.39. The molecule has 0 radical (unpaired) electrons. The number of hydrogen-bond acceptors (Lipinski definition) is 15. The van der Waals surface area contributed by atoms with Crippen LogP contribution in [0, 0.1) is 16.7 Å². The Bertz CT molecular complexity index is 2320. The zero-order valence-corrected chi connectivity index (χ0v) is 36.6. The van der Waals surface area contributed by atoms with E-state index in [4.69, 9.17) is 33.2 Å². The molecule has 16 heteroatoms. The van der Waals surface area contributed by atoms with E-state index in [1.165, 1.54) is 26.2 Å². The largest absolute Gasteiger partial charge is 0.508 e. The predicted molar refractivity (Wildman–Crippen MR) is 224 cm³/mol. The van der Waals surface area contributed by atoms with Crippen LogP contribution in [0.15, 0.2) is 102 Å². The molecule has 1 saturated heterocycles. The van der Waals surface area contributed by atoms with Crippen LogP contribution in [-0.2, 0) is 47.5 Å². The highest BCUT2D eigenvalue weighted by atomic mass is 16.8. The Morgan fingerprint density at radius 1 is 0.844 bits per heavy atom. The second-order valence-corrected chi connectivity index (χ2v) is 17.5. The molecule has 3 N–H and O–H groups in total. The Morgan fingerprint density at radius 3 is 1.98 bits per heavy atom. The molecule has 1 heterocycles. The standard InChI is InChI=1S/C48H53NO15/c1-26-31(62-43(55)37(58-6)35(28-17-11-8-12-18-28)49-41(53)29-19-13-9-14-20-29)24-48(57)40(63-42(54)30-21-15-10-16-22-30)38-46(5,39(52)36(61-27(2)50)34(26)45(48,3)4)32(51)23-33-47(38,25-60-33)64-44(56)59-7/h8-22,31-33,35-38,40,51,57H,23-25H2,1-7H3,(H,49,53)/t31-,32-,33+,35-,36+,37+,38-,40-,46+,47-,48+/m0/s1. The molecule has 1 aliphatic heterocycles. The summed E-state index contributed by atoms with van der Waals surface area (Å²) in [5.41, 5.74) is -6.91. The van der Waals surface area contributed by atoms with Crippen molar-refractivity contribution in [1.29, 1.82) is 0 Å². The first kappa shape index (κ1) is 46.1. The van der Waals surface area contributed by atoms with Crippen molar-refractivity contribution in [2.75, 3.05) is 20.8 Å². The maximum Gasteiger partial charge on any atom is 0.508 e. The van der Waals surface area contributed by atoms with Gasteiger partial charge in [0.05, 0.1) is 42.8 Å². The van der Waals surface area contributed by atoms with Crippen LogP contribution < -0.4 is 5.32 Å². The average molecular weight is 884 g/mol. The van der Waals surface area contributed by atoms with Gasteiger partial charge in [-0.1, -0.05) is 80.6 Å². The van der Waals surface area contributed by atoms with Crippen molar-refractivity contribution in [2.45, 2.75) is 101 Å². The van der Waals surface area contributed by atoms with Crippen molar-refractivity contribution in [1.82, 2.24) is 5.32 Å². The molecule has 3 aromatic carbocycles. The van der Waals surface area contributed by atoms with Gasteiger partial charge in [-0.15, -0.1) is 0 Å². The lowest BCUT2D eigenvalue weighted by atomic mass is 9.44. The van der Waals surface area contributed by atoms with Gasteiger partial charge in [-0.2, -0.15) is 0 Å². The second-order valence-electron chi connectivity index (χ2n) is 17.5. The summed E-state index contributed by atoms with van der Waals surface area (Å²) in [7, 11) is 2.35. The zero-order chi connectivity index (χ0) is 46.4. The molecule has 7 rings (SSSR count). The molecule has 11 atom stereocenters. The number of ether oxygens (including phenoxy) is 7.